The number of halogens is 2. The fourth-order valence-corrected chi connectivity index (χ4v) is 4.18. The normalized spacial score (nSPS) is 17.9. The Morgan fingerprint density at radius 3 is 2.79 bits per heavy atom. The van der Waals surface area contributed by atoms with Crippen molar-refractivity contribution in [2.75, 3.05) is 11.9 Å². The molecule has 1 aliphatic rings. The van der Waals surface area contributed by atoms with Gasteiger partial charge >= 0.3 is 0 Å². The minimum Gasteiger partial charge on any atom is -0.394 e. The first-order valence-electron chi connectivity index (χ1n) is 10.4. The molecule has 0 fully saturated rings. The molecule has 0 saturated carbocycles. The van der Waals surface area contributed by atoms with Crippen LogP contribution in [0.1, 0.15) is 51.1 Å². The monoisotopic (exact) mass is 458 g/mol. The zero-order valence-corrected chi connectivity index (χ0v) is 18.4. The zero-order chi connectivity index (χ0) is 23.9. The summed E-state index contributed by atoms with van der Waals surface area (Å²) in [5.41, 5.74) is 1.66. The summed E-state index contributed by atoms with van der Waals surface area (Å²) < 4.78 is 29.9. The number of carbonyl (C=O) groups excluding carboxylic acids is 2. The van der Waals surface area contributed by atoms with Crippen LogP contribution in [0.2, 0.25) is 0 Å². The number of carbonyl (C=O) groups is 2. The van der Waals surface area contributed by atoms with Crippen LogP contribution in [0.15, 0.2) is 24.4 Å². The highest BCUT2D eigenvalue weighted by Crippen LogP contribution is 2.34. The van der Waals surface area contributed by atoms with Crippen LogP contribution in [-0.4, -0.2) is 43.1 Å². The summed E-state index contributed by atoms with van der Waals surface area (Å²) in [5, 5.41) is 22.9. The SMILES string of the molecule is Cc1c2c(c(C(=O)Nc3ccc(F)c(F)c3)n1C)CCC(C)(c1cn(CCO)nn1)NC2=O. The van der Waals surface area contributed by atoms with E-state index in [1.807, 2.05) is 6.92 Å². The lowest BCUT2D eigenvalue weighted by Crippen LogP contribution is -2.43. The highest BCUT2D eigenvalue weighted by molar-refractivity contribution is 6.08. The minimum absolute atomic E-state index is 0.0897. The third-order valence-electron chi connectivity index (χ3n) is 6.11. The molecule has 3 aromatic rings. The van der Waals surface area contributed by atoms with Crippen molar-refractivity contribution in [3.8, 4) is 0 Å². The molecule has 174 valence electrons. The maximum Gasteiger partial charge on any atom is 0.272 e. The quantitative estimate of drug-likeness (QED) is 0.542. The lowest BCUT2D eigenvalue weighted by molar-refractivity contribution is 0.0903. The Morgan fingerprint density at radius 2 is 2.09 bits per heavy atom. The summed E-state index contributed by atoms with van der Waals surface area (Å²) in [7, 11) is 1.68. The molecule has 1 aliphatic heterocycles. The number of rotatable bonds is 5. The van der Waals surface area contributed by atoms with Crippen LogP contribution in [-0.2, 0) is 25.6 Å². The van der Waals surface area contributed by atoms with Crippen molar-refractivity contribution in [2.24, 2.45) is 7.05 Å². The zero-order valence-electron chi connectivity index (χ0n) is 18.4. The number of anilines is 1. The lowest BCUT2D eigenvalue weighted by atomic mass is 9.91. The van der Waals surface area contributed by atoms with Crippen molar-refractivity contribution in [1.82, 2.24) is 24.9 Å². The van der Waals surface area contributed by atoms with E-state index >= 15 is 0 Å². The second kappa shape index (κ2) is 8.39. The van der Waals surface area contributed by atoms with E-state index in [-0.39, 0.29) is 30.4 Å². The molecule has 3 heterocycles. The first-order chi connectivity index (χ1) is 15.6. The molecule has 2 aromatic heterocycles. The number of hydrogen-bond donors (Lipinski definition) is 3. The number of aromatic nitrogens is 4. The van der Waals surface area contributed by atoms with Crippen molar-refractivity contribution in [2.45, 2.75) is 38.8 Å². The Hall–Kier alpha value is -3.60. The molecule has 1 atom stereocenters. The summed E-state index contributed by atoms with van der Waals surface area (Å²) >= 11 is 0. The van der Waals surface area contributed by atoms with E-state index in [9.17, 15) is 18.4 Å². The van der Waals surface area contributed by atoms with Gasteiger partial charge in [-0.25, -0.2) is 13.5 Å². The van der Waals surface area contributed by atoms with E-state index in [4.69, 9.17) is 5.11 Å². The van der Waals surface area contributed by atoms with E-state index in [0.29, 0.717) is 35.4 Å². The van der Waals surface area contributed by atoms with E-state index in [0.717, 1.165) is 12.1 Å². The number of nitrogens with one attached hydrogen (secondary N) is 2. The highest BCUT2D eigenvalue weighted by atomic mass is 19.2. The second-order valence-corrected chi connectivity index (χ2v) is 8.31. The van der Waals surface area contributed by atoms with Gasteiger partial charge in [0.05, 0.1) is 30.5 Å². The highest BCUT2D eigenvalue weighted by Gasteiger charge is 2.39. The van der Waals surface area contributed by atoms with Crippen LogP contribution in [0.5, 0.6) is 0 Å². The number of hydrogen-bond acceptors (Lipinski definition) is 5. The molecule has 1 unspecified atom stereocenters. The van der Waals surface area contributed by atoms with Crippen molar-refractivity contribution in [1.29, 1.82) is 0 Å². The van der Waals surface area contributed by atoms with Gasteiger partial charge in [0.2, 0.25) is 0 Å². The molecule has 0 radical (unpaired) electrons. The van der Waals surface area contributed by atoms with Gasteiger partial charge in [0.15, 0.2) is 11.6 Å². The molecule has 2 amide bonds. The van der Waals surface area contributed by atoms with E-state index in [2.05, 4.69) is 20.9 Å². The van der Waals surface area contributed by atoms with Gasteiger partial charge in [-0.05, 0) is 44.4 Å². The van der Waals surface area contributed by atoms with Gasteiger partial charge in [-0.3, -0.25) is 9.59 Å². The molecule has 33 heavy (non-hydrogen) atoms. The van der Waals surface area contributed by atoms with Gasteiger partial charge in [0.25, 0.3) is 11.8 Å². The van der Waals surface area contributed by atoms with E-state index in [1.54, 1.807) is 24.7 Å². The number of benzene rings is 1. The molecule has 0 bridgehead atoms. The third kappa shape index (κ3) is 3.99. The number of aliphatic hydroxyl groups excluding tert-OH is 1. The fourth-order valence-electron chi connectivity index (χ4n) is 4.18. The molecule has 0 aliphatic carbocycles. The van der Waals surface area contributed by atoms with Gasteiger partial charge in [0, 0.05) is 24.5 Å². The Morgan fingerprint density at radius 1 is 1.33 bits per heavy atom. The summed E-state index contributed by atoms with van der Waals surface area (Å²) in [4.78, 5) is 26.3. The van der Waals surface area contributed by atoms with Crippen LogP contribution in [0, 0.1) is 18.6 Å². The van der Waals surface area contributed by atoms with Crippen LogP contribution in [0.4, 0.5) is 14.5 Å². The Labute approximate surface area is 188 Å². The van der Waals surface area contributed by atoms with Gasteiger partial charge < -0.3 is 20.3 Å². The van der Waals surface area contributed by atoms with Gasteiger partial charge in [0.1, 0.15) is 11.4 Å². The molecule has 1 aromatic carbocycles. The summed E-state index contributed by atoms with van der Waals surface area (Å²) in [6.07, 6.45) is 2.51. The van der Waals surface area contributed by atoms with Crippen LogP contribution < -0.4 is 10.6 Å². The number of amides is 2. The summed E-state index contributed by atoms with van der Waals surface area (Å²) in [6, 6.07) is 3.11. The van der Waals surface area contributed by atoms with Crippen molar-refractivity contribution < 1.29 is 23.5 Å². The van der Waals surface area contributed by atoms with Crippen LogP contribution >= 0.6 is 0 Å². The predicted octanol–water partition coefficient (Wildman–Crippen LogP) is 2.04. The molecule has 0 spiro atoms. The first kappa shape index (κ1) is 22.6. The molecular formula is C22H24F2N6O3. The standard InChI is InChI=1S/C22H24F2N6O3/c1-12-18-14(19(29(12)3)21(33)25-13-4-5-15(23)16(24)10-13)6-7-22(2,26-20(18)32)17-11-30(8-9-31)28-27-17/h4-5,10-11,31H,6-9H2,1-3H3,(H,25,33)(H,26,32). The molecule has 4 rings (SSSR count). The topological polar surface area (TPSA) is 114 Å². The Balaban J connectivity index is 1.67. The summed E-state index contributed by atoms with van der Waals surface area (Å²) in [5.74, 6) is -2.96. The average Bonchev–Trinajstić information content (AvgIpc) is 3.29. The van der Waals surface area contributed by atoms with Crippen LogP contribution in [0.25, 0.3) is 0 Å². The molecular weight excluding hydrogens is 434 g/mol. The number of nitrogens with zero attached hydrogens (tertiary/aromatic N) is 4. The molecule has 3 N–H and O–H groups in total. The predicted molar refractivity (Wildman–Crippen MR) is 115 cm³/mol. The smallest absolute Gasteiger partial charge is 0.272 e. The van der Waals surface area contributed by atoms with Gasteiger partial charge in [-0.15, -0.1) is 5.10 Å². The minimum atomic E-state index is -1.07. The van der Waals surface area contributed by atoms with Gasteiger partial charge in [-0.1, -0.05) is 5.21 Å². The lowest BCUT2D eigenvalue weighted by Gasteiger charge is -2.27. The molecule has 11 heteroatoms. The maximum absolute atomic E-state index is 13.6. The first-order valence-corrected chi connectivity index (χ1v) is 10.4. The second-order valence-electron chi connectivity index (χ2n) is 8.31. The molecule has 9 nitrogen and oxygen atoms in total. The van der Waals surface area contributed by atoms with E-state index < -0.39 is 23.1 Å². The van der Waals surface area contributed by atoms with Crippen molar-refractivity contribution >= 4 is 17.5 Å². The fraction of sp³-hybridized carbons (Fsp3) is 0.364. The Bertz CT molecular complexity index is 1250. The van der Waals surface area contributed by atoms with E-state index in [1.165, 1.54) is 10.7 Å². The summed E-state index contributed by atoms with van der Waals surface area (Å²) in [6.45, 7) is 3.77. The third-order valence-corrected chi connectivity index (χ3v) is 6.11. The average molecular weight is 458 g/mol. The van der Waals surface area contributed by atoms with Gasteiger partial charge in [-0.2, -0.15) is 0 Å². The van der Waals surface area contributed by atoms with Crippen LogP contribution in [0.3, 0.4) is 0 Å². The maximum atomic E-state index is 13.6. The van der Waals surface area contributed by atoms with Crippen molar-refractivity contribution in [3.63, 3.8) is 0 Å². The number of fused-ring (bicyclic) bond motifs is 1. The van der Waals surface area contributed by atoms with Crippen molar-refractivity contribution in [3.05, 3.63) is 64.2 Å². The number of aliphatic hydroxyl groups is 1. The molecule has 0 saturated heterocycles. The largest absolute Gasteiger partial charge is 0.394 e. The Kier molecular flexibility index (Phi) is 5.75.